The molecule has 0 saturated carbocycles. The zero-order valence-electron chi connectivity index (χ0n) is 13.5. The van der Waals surface area contributed by atoms with E-state index < -0.39 is 0 Å². The zero-order valence-corrected chi connectivity index (χ0v) is 14.3. The maximum Gasteiger partial charge on any atom is 0.233 e. The summed E-state index contributed by atoms with van der Waals surface area (Å²) in [6, 6.07) is 13.9. The van der Waals surface area contributed by atoms with E-state index in [1.54, 1.807) is 24.1 Å². The molecule has 4 nitrogen and oxygen atoms in total. The van der Waals surface area contributed by atoms with Gasteiger partial charge in [0.1, 0.15) is 5.82 Å². The number of amides is 1. The number of imidazole rings is 1. The minimum absolute atomic E-state index is 0.00252. The van der Waals surface area contributed by atoms with Crippen molar-refractivity contribution in [1.82, 2.24) is 14.9 Å². The molecule has 1 N–H and O–H groups in total. The third kappa shape index (κ3) is 3.59. The molecule has 124 valence electrons. The van der Waals surface area contributed by atoms with Crippen LogP contribution < -0.4 is 0 Å². The molecule has 0 fully saturated rings. The topological polar surface area (TPSA) is 49.0 Å². The fourth-order valence-electron chi connectivity index (χ4n) is 2.41. The second kappa shape index (κ2) is 7.05. The van der Waals surface area contributed by atoms with Crippen LogP contribution in [0.1, 0.15) is 18.5 Å². The van der Waals surface area contributed by atoms with E-state index in [0.29, 0.717) is 5.75 Å². The third-order valence-electron chi connectivity index (χ3n) is 4.03. The van der Waals surface area contributed by atoms with E-state index >= 15 is 0 Å². The number of aromatic nitrogens is 2. The van der Waals surface area contributed by atoms with Crippen molar-refractivity contribution in [3.05, 3.63) is 59.9 Å². The number of para-hydroxylation sites is 2. The normalized spacial score (nSPS) is 12.3. The van der Waals surface area contributed by atoms with Gasteiger partial charge in [0.2, 0.25) is 5.91 Å². The molecule has 0 unspecified atom stereocenters. The lowest BCUT2D eigenvalue weighted by molar-refractivity contribution is -0.128. The molecule has 6 heteroatoms. The van der Waals surface area contributed by atoms with Gasteiger partial charge >= 0.3 is 0 Å². The predicted octanol–water partition coefficient (Wildman–Crippen LogP) is 4.01. The Morgan fingerprint density at radius 1 is 1.25 bits per heavy atom. The number of thioether (sulfide) groups is 1. The number of benzene rings is 2. The van der Waals surface area contributed by atoms with Crippen LogP contribution in [-0.2, 0) is 4.79 Å². The molecule has 0 bridgehead atoms. The molecule has 0 aliphatic rings. The van der Waals surface area contributed by atoms with Gasteiger partial charge in [0, 0.05) is 7.05 Å². The van der Waals surface area contributed by atoms with Gasteiger partial charge in [0.05, 0.1) is 22.8 Å². The van der Waals surface area contributed by atoms with Crippen molar-refractivity contribution >= 4 is 28.7 Å². The van der Waals surface area contributed by atoms with E-state index in [2.05, 4.69) is 9.97 Å². The number of hydrogen-bond acceptors (Lipinski definition) is 3. The van der Waals surface area contributed by atoms with Gasteiger partial charge in [-0.2, -0.15) is 0 Å². The van der Waals surface area contributed by atoms with Crippen LogP contribution in [-0.4, -0.2) is 33.6 Å². The van der Waals surface area contributed by atoms with Crippen LogP contribution in [0, 0.1) is 5.82 Å². The standard InChI is InChI=1S/C18H18FN3OS/c1-12(13-7-9-14(19)10-8-13)22(2)17(23)11-24-18-20-15-5-3-4-6-16(15)21-18/h3-10,12H,11H2,1-2H3,(H,20,21)/t12-/m1/s1. The summed E-state index contributed by atoms with van der Waals surface area (Å²) in [7, 11) is 1.76. The zero-order chi connectivity index (χ0) is 17.1. The maximum atomic E-state index is 13.0. The average molecular weight is 343 g/mol. The largest absolute Gasteiger partial charge is 0.338 e. The average Bonchev–Trinajstić information content (AvgIpc) is 3.02. The fourth-order valence-corrected chi connectivity index (χ4v) is 3.22. The minimum atomic E-state index is -0.277. The van der Waals surface area contributed by atoms with Gasteiger partial charge in [0.15, 0.2) is 5.16 Å². The monoisotopic (exact) mass is 343 g/mol. The summed E-state index contributed by atoms with van der Waals surface area (Å²) >= 11 is 1.38. The SMILES string of the molecule is C[C@H](c1ccc(F)cc1)N(C)C(=O)CSc1nc2ccccc2[nH]1. The van der Waals surface area contributed by atoms with Crippen molar-refractivity contribution in [1.29, 1.82) is 0 Å². The van der Waals surface area contributed by atoms with Crippen molar-refractivity contribution < 1.29 is 9.18 Å². The van der Waals surface area contributed by atoms with Crippen molar-refractivity contribution in [3.8, 4) is 0 Å². The number of carbonyl (C=O) groups excluding carboxylic acids is 1. The number of fused-ring (bicyclic) bond motifs is 1. The fraction of sp³-hybridized carbons (Fsp3) is 0.222. The number of H-pyrrole nitrogens is 1. The number of carbonyl (C=O) groups is 1. The van der Waals surface area contributed by atoms with E-state index in [-0.39, 0.29) is 17.8 Å². The molecule has 0 aliphatic carbocycles. The second-order valence-corrected chi connectivity index (χ2v) is 6.54. The Kier molecular flexibility index (Phi) is 4.85. The summed E-state index contributed by atoms with van der Waals surface area (Å²) in [5.74, 6) is 0.0136. The lowest BCUT2D eigenvalue weighted by atomic mass is 10.1. The minimum Gasteiger partial charge on any atom is -0.338 e. The summed E-state index contributed by atoms with van der Waals surface area (Å²) in [5.41, 5.74) is 2.75. The summed E-state index contributed by atoms with van der Waals surface area (Å²) in [4.78, 5) is 21.7. The Balaban J connectivity index is 1.62. The number of hydrogen-bond donors (Lipinski definition) is 1. The Morgan fingerprint density at radius 2 is 1.96 bits per heavy atom. The number of nitrogens with one attached hydrogen (secondary N) is 1. The Labute approximate surface area is 144 Å². The third-order valence-corrected chi connectivity index (χ3v) is 4.88. The van der Waals surface area contributed by atoms with Crippen molar-refractivity contribution in [2.24, 2.45) is 0 Å². The summed E-state index contributed by atoms with van der Waals surface area (Å²) in [6.45, 7) is 1.93. The van der Waals surface area contributed by atoms with Gasteiger partial charge in [-0.15, -0.1) is 0 Å². The van der Waals surface area contributed by atoms with Crippen molar-refractivity contribution in [3.63, 3.8) is 0 Å². The van der Waals surface area contributed by atoms with Gasteiger partial charge in [-0.3, -0.25) is 4.79 Å². The molecule has 3 rings (SSSR count). The quantitative estimate of drug-likeness (QED) is 0.712. The van der Waals surface area contributed by atoms with E-state index in [1.165, 1.54) is 23.9 Å². The van der Waals surface area contributed by atoms with Crippen molar-refractivity contribution in [2.45, 2.75) is 18.1 Å². The van der Waals surface area contributed by atoms with E-state index in [4.69, 9.17) is 0 Å². The first-order valence-corrected chi connectivity index (χ1v) is 8.62. The second-order valence-electron chi connectivity index (χ2n) is 5.58. The molecular formula is C18H18FN3OS. The molecule has 1 aromatic heterocycles. The molecule has 24 heavy (non-hydrogen) atoms. The molecule has 1 amide bonds. The first kappa shape index (κ1) is 16.5. The first-order valence-electron chi connectivity index (χ1n) is 7.63. The number of halogens is 1. The summed E-state index contributed by atoms with van der Waals surface area (Å²) in [6.07, 6.45) is 0. The van der Waals surface area contributed by atoms with Crippen LogP contribution in [0.5, 0.6) is 0 Å². The van der Waals surface area contributed by atoms with E-state index in [0.717, 1.165) is 21.8 Å². The summed E-state index contributed by atoms with van der Waals surface area (Å²) in [5, 5.41) is 0.729. The van der Waals surface area contributed by atoms with Gasteiger partial charge in [-0.25, -0.2) is 9.37 Å². The molecule has 1 heterocycles. The van der Waals surface area contributed by atoms with Gasteiger partial charge in [-0.1, -0.05) is 36.0 Å². The van der Waals surface area contributed by atoms with E-state index in [9.17, 15) is 9.18 Å². The van der Waals surface area contributed by atoms with Crippen LogP contribution >= 0.6 is 11.8 Å². The summed E-state index contributed by atoms with van der Waals surface area (Å²) < 4.78 is 13.0. The molecule has 0 radical (unpaired) electrons. The molecule has 1 atom stereocenters. The Morgan fingerprint density at radius 3 is 2.67 bits per heavy atom. The van der Waals surface area contributed by atoms with Gasteiger partial charge in [-0.05, 0) is 36.8 Å². The van der Waals surface area contributed by atoms with Gasteiger partial charge < -0.3 is 9.88 Å². The molecular weight excluding hydrogens is 325 g/mol. The molecule has 2 aromatic carbocycles. The lowest BCUT2D eigenvalue weighted by Gasteiger charge is -2.25. The highest BCUT2D eigenvalue weighted by atomic mass is 32.2. The first-order chi connectivity index (χ1) is 11.5. The smallest absolute Gasteiger partial charge is 0.233 e. The number of nitrogens with zero attached hydrogens (tertiary/aromatic N) is 2. The molecule has 0 saturated heterocycles. The van der Waals surface area contributed by atoms with Crippen LogP contribution in [0.4, 0.5) is 4.39 Å². The predicted molar refractivity (Wildman–Crippen MR) is 94.4 cm³/mol. The highest BCUT2D eigenvalue weighted by molar-refractivity contribution is 7.99. The van der Waals surface area contributed by atoms with Crippen LogP contribution in [0.25, 0.3) is 11.0 Å². The molecule has 3 aromatic rings. The van der Waals surface area contributed by atoms with Crippen LogP contribution in [0.3, 0.4) is 0 Å². The molecule has 0 aliphatic heterocycles. The number of rotatable bonds is 5. The Hall–Kier alpha value is -2.34. The van der Waals surface area contributed by atoms with Gasteiger partial charge in [0.25, 0.3) is 0 Å². The van der Waals surface area contributed by atoms with E-state index in [1.807, 2.05) is 31.2 Å². The van der Waals surface area contributed by atoms with Crippen LogP contribution in [0.15, 0.2) is 53.7 Å². The van der Waals surface area contributed by atoms with Crippen LogP contribution in [0.2, 0.25) is 0 Å². The highest BCUT2D eigenvalue weighted by Crippen LogP contribution is 2.23. The number of aromatic amines is 1. The van der Waals surface area contributed by atoms with Crippen molar-refractivity contribution in [2.75, 3.05) is 12.8 Å². The Bertz CT molecular complexity index is 814. The molecule has 0 spiro atoms. The lowest BCUT2D eigenvalue weighted by Crippen LogP contribution is -2.31. The highest BCUT2D eigenvalue weighted by Gasteiger charge is 2.18. The maximum absolute atomic E-state index is 13.0.